The number of fused-ring (bicyclic) bond motifs is 1. The lowest BCUT2D eigenvalue weighted by atomic mass is 10.2. The topological polar surface area (TPSA) is 83.0 Å². The molecule has 0 bridgehead atoms. The van der Waals surface area contributed by atoms with Gasteiger partial charge in [0.2, 0.25) is 5.82 Å². The number of nitrogens with zero attached hydrogens (tertiary/aromatic N) is 1. The van der Waals surface area contributed by atoms with E-state index in [0.717, 1.165) is 5.38 Å². The smallest absolute Gasteiger partial charge is 0.418 e. The number of aromatic amines is 1. The van der Waals surface area contributed by atoms with Crippen molar-refractivity contribution < 1.29 is 23.1 Å². The number of carboxylic acid groups (broad SMARTS) is 1. The van der Waals surface area contributed by atoms with Crippen molar-refractivity contribution in [2.75, 3.05) is 0 Å². The molecule has 90 valence electrons. The molecule has 0 saturated carbocycles. The van der Waals surface area contributed by atoms with E-state index in [1.165, 1.54) is 0 Å². The Morgan fingerprint density at radius 2 is 2.12 bits per heavy atom. The van der Waals surface area contributed by atoms with Crippen LogP contribution in [0.3, 0.4) is 0 Å². The molecule has 0 aromatic carbocycles. The van der Waals surface area contributed by atoms with E-state index in [1.54, 1.807) is 4.98 Å². The van der Waals surface area contributed by atoms with Gasteiger partial charge in [0, 0.05) is 5.38 Å². The van der Waals surface area contributed by atoms with Gasteiger partial charge in [-0.1, -0.05) is 0 Å². The third kappa shape index (κ3) is 1.88. The molecule has 0 unspecified atom stereocenters. The second kappa shape index (κ2) is 3.55. The molecule has 2 heterocycles. The monoisotopic (exact) mass is 264 g/mol. The van der Waals surface area contributed by atoms with Crippen LogP contribution >= 0.6 is 11.3 Å². The average Bonchev–Trinajstić information content (AvgIpc) is 2.60. The van der Waals surface area contributed by atoms with Gasteiger partial charge in [-0.25, -0.2) is 9.78 Å². The van der Waals surface area contributed by atoms with Crippen molar-refractivity contribution in [1.29, 1.82) is 0 Å². The number of alkyl halides is 3. The molecule has 0 aliphatic carbocycles. The van der Waals surface area contributed by atoms with Gasteiger partial charge in [0.15, 0.2) is 0 Å². The van der Waals surface area contributed by atoms with Gasteiger partial charge in [-0.05, 0) is 0 Å². The molecule has 9 heteroatoms. The number of hydrogen-bond acceptors (Lipinski definition) is 4. The Bertz CT molecular complexity index is 658. The van der Waals surface area contributed by atoms with Crippen molar-refractivity contribution in [3.05, 3.63) is 27.1 Å². The Morgan fingerprint density at radius 1 is 1.47 bits per heavy atom. The number of carbonyl (C=O) groups is 1. The maximum atomic E-state index is 12.5. The van der Waals surface area contributed by atoms with Gasteiger partial charge in [0.05, 0.1) is 10.9 Å². The van der Waals surface area contributed by atoms with Gasteiger partial charge in [-0.2, -0.15) is 13.2 Å². The Morgan fingerprint density at radius 3 is 2.65 bits per heavy atom. The molecule has 0 amide bonds. The van der Waals surface area contributed by atoms with Crippen molar-refractivity contribution >= 4 is 27.5 Å². The molecule has 0 atom stereocenters. The molecule has 0 radical (unpaired) electrons. The Labute approximate surface area is 94.5 Å². The molecule has 17 heavy (non-hydrogen) atoms. The molecule has 2 aromatic heterocycles. The van der Waals surface area contributed by atoms with E-state index in [9.17, 15) is 22.8 Å². The van der Waals surface area contributed by atoms with Gasteiger partial charge < -0.3 is 10.1 Å². The van der Waals surface area contributed by atoms with E-state index in [1.807, 2.05) is 0 Å². The summed E-state index contributed by atoms with van der Waals surface area (Å²) in [4.78, 5) is 26.9. The number of aromatic nitrogens is 2. The minimum absolute atomic E-state index is 0.251. The molecule has 2 aromatic rings. The van der Waals surface area contributed by atoms with Crippen molar-refractivity contribution in [1.82, 2.24) is 9.97 Å². The van der Waals surface area contributed by atoms with Crippen LogP contribution in [0.2, 0.25) is 0 Å². The maximum absolute atomic E-state index is 12.5. The normalized spacial score (nSPS) is 11.9. The van der Waals surface area contributed by atoms with E-state index in [0.29, 0.717) is 11.3 Å². The number of aromatic carboxylic acids is 1. The molecular formula is C8H3F3N2O3S. The number of halogens is 3. The lowest BCUT2D eigenvalue weighted by Gasteiger charge is -2.03. The minimum Gasteiger partial charge on any atom is -0.475 e. The Balaban J connectivity index is 2.81. The van der Waals surface area contributed by atoms with Crippen LogP contribution in [0.4, 0.5) is 13.2 Å². The number of thiophene rings is 1. The summed E-state index contributed by atoms with van der Waals surface area (Å²) in [5.74, 6) is -2.19. The molecule has 0 aliphatic heterocycles. The van der Waals surface area contributed by atoms with Crippen LogP contribution in [0.1, 0.15) is 16.2 Å². The van der Waals surface area contributed by atoms with Gasteiger partial charge in [0.1, 0.15) is 4.83 Å². The van der Waals surface area contributed by atoms with Gasteiger partial charge in [0.25, 0.3) is 5.56 Å². The maximum Gasteiger partial charge on any atom is 0.418 e. The molecule has 2 rings (SSSR count). The third-order valence-corrected chi connectivity index (χ3v) is 2.82. The first-order valence-corrected chi connectivity index (χ1v) is 5.00. The highest BCUT2D eigenvalue weighted by molar-refractivity contribution is 7.16. The summed E-state index contributed by atoms with van der Waals surface area (Å²) in [5.41, 5.74) is -2.22. The fourth-order valence-electron chi connectivity index (χ4n) is 1.26. The fraction of sp³-hybridized carbons (Fsp3) is 0.125. The first kappa shape index (κ1) is 11.6. The summed E-state index contributed by atoms with van der Waals surface area (Å²) in [7, 11) is 0. The van der Waals surface area contributed by atoms with Gasteiger partial charge in [-0.3, -0.25) is 4.79 Å². The zero-order chi connectivity index (χ0) is 12.8. The van der Waals surface area contributed by atoms with Crippen molar-refractivity contribution in [3.63, 3.8) is 0 Å². The summed E-state index contributed by atoms with van der Waals surface area (Å²) in [5, 5.41) is 8.69. The van der Waals surface area contributed by atoms with E-state index < -0.39 is 34.5 Å². The lowest BCUT2D eigenvalue weighted by molar-refractivity contribution is -0.136. The summed E-state index contributed by atoms with van der Waals surface area (Å²) in [6.45, 7) is 0. The van der Waals surface area contributed by atoms with Crippen LogP contribution in [-0.2, 0) is 6.18 Å². The predicted molar refractivity (Wildman–Crippen MR) is 52.2 cm³/mol. The van der Waals surface area contributed by atoms with E-state index in [4.69, 9.17) is 5.11 Å². The summed E-state index contributed by atoms with van der Waals surface area (Å²) in [6, 6.07) is 0. The molecule has 5 nitrogen and oxygen atoms in total. The van der Waals surface area contributed by atoms with Crippen LogP contribution in [0, 0.1) is 0 Å². The van der Waals surface area contributed by atoms with Crippen LogP contribution in [0.25, 0.3) is 10.2 Å². The SMILES string of the molecule is O=C(O)c1nc2scc(C(F)(F)F)c2c(=O)[nH]1. The van der Waals surface area contributed by atoms with Crippen LogP contribution in [0.15, 0.2) is 10.2 Å². The molecule has 0 aliphatic rings. The van der Waals surface area contributed by atoms with Crippen molar-refractivity contribution in [2.24, 2.45) is 0 Å². The minimum atomic E-state index is -4.67. The molecule has 0 fully saturated rings. The molecule has 2 N–H and O–H groups in total. The number of H-pyrrole nitrogens is 1. The van der Waals surface area contributed by atoms with Gasteiger partial charge in [-0.15, -0.1) is 11.3 Å². The zero-order valence-electron chi connectivity index (χ0n) is 7.83. The molecule has 0 spiro atoms. The second-order valence-electron chi connectivity index (χ2n) is 3.05. The highest BCUT2D eigenvalue weighted by Crippen LogP contribution is 2.35. The van der Waals surface area contributed by atoms with E-state index in [2.05, 4.69) is 4.98 Å². The molecule has 0 saturated heterocycles. The van der Waals surface area contributed by atoms with Crippen LogP contribution in [0.5, 0.6) is 0 Å². The zero-order valence-corrected chi connectivity index (χ0v) is 8.65. The highest BCUT2D eigenvalue weighted by atomic mass is 32.1. The summed E-state index contributed by atoms with van der Waals surface area (Å²) in [6.07, 6.45) is -4.67. The Hall–Kier alpha value is -1.90. The number of nitrogens with one attached hydrogen (secondary N) is 1. The lowest BCUT2D eigenvalue weighted by Crippen LogP contribution is -2.17. The Kier molecular flexibility index (Phi) is 2.42. The number of carboxylic acids is 1. The fourth-order valence-corrected chi connectivity index (χ4v) is 2.20. The standard InChI is InChI=1S/C8H3F3N2O3S/c9-8(10,11)2-1-17-6-3(2)5(14)12-4(13-6)7(15)16/h1H,(H,15,16)(H,12,13,14). The highest BCUT2D eigenvalue weighted by Gasteiger charge is 2.35. The third-order valence-electron chi connectivity index (χ3n) is 1.95. The van der Waals surface area contributed by atoms with Crippen molar-refractivity contribution in [2.45, 2.75) is 6.18 Å². The quantitative estimate of drug-likeness (QED) is 0.821. The van der Waals surface area contributed by atoms with Crippen LogP contribution in [-0.4, -0.2) is 21.0 Å². The van der Waals surface area contributed by atoms with Crippen molar-refractivity contribution in [3.8, 4) is 0 Å². The average molecular weight is 264 g/mol. The summed E-state index contributed by atoms with van der Waals surface area (Å²) < 4.78 is 37.5. The van der Waals surface area contributed by atoms with Crippen LogP contribution < -0.4 is 5.56 Å². The summed E-state index contributed by atoms with van der Waals surface area (Å²) >= 11 is 0.572. The first-order valence-electron chi connectivity index (χ1n) is 4.12. The van der Waals surface area contributed by atoms with E-state index in [-0.39, 0.29) is 4.83 Å². The van der Waals surface area contributed by atoms with Gasteiger partial charge >= 0.3 is 12.1 Å². The number of rotatable bonds is 1. The first-order chi connectivity index (χ1) is 7.80. The predicted octanol–water partition coefficient (Wildman–Crippen LogP) is 1.70. The van der Waals surface area contributed by atoms with E-state index >= 15 is 0 Å². The second-order valence-corrected chi connectivity index (χ2v) is 3.91. The molecular weight excluding hydrogens is 261 g/mol. The largest absolute Gasteiger partial charge is 0.475 e. The number of hydrogen-bond donors (Lipinski definition) is 2.